The van der Waals surface area contributed by atoms with Crippen molar-refractivity contribution in [2.24, 2.45) is 11.3 Å². The number of aliphatic hydroxyl groups excluding tert-OH is 2. The van der Waals surface area contributed by atoms with Gasteiger partial charge in [-0.3, -0.25) is 4.79 Å². The summed E-state index contributed by atoms with van der Waals surface area (Å²) in [4.78, 5) is 32.0. The van der Waals surface area contributed by atoms with E-state index in [0.717, 1.165) is 16.7 Å². The first-order valence-electron chi connectivity index (χ1n) is 10.6. The number of aromatic carboxylic acids is 1. The second kappa shape index (κ2) is 13.5. The number of ketones is 1. The van der Waals surface area contributed by atoms with Crippen LogP contribution in [0.4, 0.5) is 0 Å². The number of carbonyl (C=O) groups is 3. The number of benzene rings is 2. The molecule has 1 unspecified atom stereocenters. The highest BCUT2D eigenvalue weighted by atomic mass is 16.4. The third kappa shape index (κ3) is 9.97. The first-order valence-corrected chi connectivity index (χ1v) is 10.6. The van der Waals surface area contributed by atoms with E-state index >= 15 is 0 Å². The van der Waals surface area contributed by atoms with Crippen molar-refractivity contribution in [2.45, 2.75) is 54.6 Å². The van der Waals surface area contributed by atoms with Crippen molar-refractivity contribution in [3.8, 4) is 0 Å². The Hall–Kier alpha value is -3.03. The fourth-order valence-electron chi connectivity index (χ4n) is 3.22. The number of hydrogen-bond donors (Lipinski definition) is 4. The SMILES string of the molecule is CC(C)C(O)C(C)(C)CO.Cc1cc(C)c(C(=O)C(=O)O)c(C)c1.O=C(O)c1ccccc1. The molecule has 33 heavy (non-hydrogen) atoms. The van der Waals surface area contributed by atoms with Gasteiger partial charge in [-0.1, -0.05) is 63.6 Å². The molecule has 0 bridgehead atoms. The van der Waals surface area contributed by atoms with Crippen LogP contribution in [0.3, 0.4) is 0 Å². The molecular formula is C26H36O7. The number of aryl methyl sites for hydroxylation is 3. The van der Waals surface area contributed by atoms with Crippen LogP contribution in [0.15, 0.2) is 42.5 Å². The Morgan fingerprint density at radius 2 is 1.36 bits per heavy atom. The van der Waals surface area contributed by atoms with Crippen molar-refractivity contribution in [1.82, 2.24) is 0 Å². The molecule has 0 aliphatic rings. The number of carboxylic acid groups (broad SMARTS) is 2. The Morgan fingerprint density at radius 3 is 1.64 bits per heavy atom. The van der Waals surface area contributed by atoms with Gasteiger partial charge in [-0.25, -0.2) is 9.59 Å². The van der Waals surface area contributed by atoms with E-state index in [9.17, 15) is 19.5 Å². The Labute approximate surface area is 195 Å². The summed E-state index contributed by atoms with van der Waals surface area (Å²) in [6, 6.07) is 11.9. The van der Waals surface area contributed by atoms with E-state index in [1.807, 2.05) is 46.8 Å². The van der Waals surface area contributed by atoms with Crippen molar-refractivity contribution >= 4 is 17.7 Å². The molecule has 2 aromatic rings. The Bertz CT molecular complexity index is 908. The molecule has 2 aromatic carbocycles. The van der Waals surface area contributed by atoms with Crippen molar-refractivity contribution < 1.29 is 34.8 Å². The van der Waals surface area contributed by atoms with Gasteiger partial charge in [0, 0.05) is 11.0 Å². The molecular weight excluding hydrogens is 424 g/mol. The molecule has 0 fully saturated rings. The fourth-order valence-corrected chi connectivity index (χ4v) is 3.22. The second-order valence-corrected chi connectivity index (χ2v) is 8.91. The van der Waals surface area contributed by atoms with Crippen LogP contribution in [0.25, 0.3) is 0 Å². The Balaban J connectivity index is 0.000000481. The van der Waals surface area contributed by atoms with Crippen molar-refractivity contribution in [3.63, 3.8) is 0 Å². The van der Waals surface area contributed by atoms with Crippen LogP contribution in [-0.4, -0.2) is 50.9 Å². The Morgan fingerprint density at radius 1 is 0.909 bits per heavy atom. The van der Waals surface area contributed by atoms with Crippen LogP contribution >= 0.6 is 0 Å². The summed E-state index contributed by atoms with van der Waals surface area (Å²) >= 11 is 0. The molecule has 0 aromatic heterocycles. The van der Waals surface area contributed by atoms with Crippen LogP contribution in [0.1, 0.15) is 65.1 Å². The maximum Gasteiger partial charge on any atom is 0.377 e. The maximum absolute atomic E-state index is 11.3. The third-order valence-electron chi connectivity index (χ3n) is 4.96. The zero-order valence-electron chi connectivity index (χ0n) is 20.4. The lowest BCUT2D eigenvalue weighted by Gasteiger charge is -2.30. The van der Waals surface area contributed by atoms with E-state index in [1.165, 1.54) is 0 Å². The van der Waals surface area contributed by atoms with E-state index in [2.05, 4.69) is 0 Å². The van der Waals surface area contributed by atoms with Gasteiger partial charge in [0.25, 0.3) is 5.78 Å². The van der Waals surface area contributed by atoms with E-state index in [-0.39, 0.29) is 17.9 Å². The quantitative estimate of drug-likeness (QED) is 0.373. The molecule has 0 amide bonds. The van der Waals surface area contributed by atoms with E-state index in [4.69, 9.17) is 15.3 Å². The number of carboxylic acids is 2. The lowest BCUT2D eigenvalue weighted by molar-refractivity contribution is -0.131. The topological polar surface area (TPSA) is 132 Å². The highest BCUT2D eigenvalue weighted by molar-refractivity contribution is 6.40. The average molecular weight is 461 g/mol. The van der Waals surface area contributed by atoms with Gasteiger partial charge in [-0.15, -0.1) is 0 Å². The third-order valence-corrected chi connectivity index (χ3v) is 4.96. The van der Waals surface area contributed by atoms with Gasteiger partial charge in [-0.05, 0) is 49.9 Å². The minimum Gasteiger partial charge on any atom is -0.478 e. The molecule has 0 aliphatic carbocycles. The van der Waals surface area contributed by atoms with Gasteiger partial charge >= 0.3 is 11.9 Å². The summed E-state index contributed by atoms with van der Waals surface area (Å²) in [6.07, 6.45) is -0.419. The minimum atomic E-state index is -1.40. The fraction of sp³-hybridized carbons (Fsp3) is 0.423. The lowest BCUT2D eigenvalue weighted by atomic mass is 9.82. The highest BCUT2D eigenvalue weighted by Gasteiger charge is 2.29. The number of hydrogen-bond acceptors (Lipinski definition) is 5. The van der Waals surface area contributed by atoms with E-state index in [0.29, 0.717) is 11.1 Å². The van der Waals surface area contributed by atoms with E-state index < -0.39 is 23.8 Å². The largest absolute Gasteiger partial charge is 0.478 e. The van der Waals surface area contributed by atoms with Gasteiger partial charge in [0.1, 0.15) is 0 Å². The molecule has 0 heterocycles. The summed E-state index contributed by atoms with van der Waals surface area (Å²) in [5.74, 6) is -2.90. The molecule has 7 nitrogen and oxygen atoms in total. The lowest BCUT2D eigenvalue weighted by Crippen LogP contribution is -2.36. The number of carbonyl (C=O) groups excluding carboxylic acids is 1. The molecule has 0 spiro atoms. The molecule has 7 heteroatoms. The summed E-state index contributed by atoms with van der Waals surface area (Å²) in [6.45, 7) is 13.0. The zero-order chi connectivity index (χ0) is 25.9. The van der Waals surface area contributed by atoms with Crippen LogP contribution in [0, 0.1) is 32.1 Å². The van der Waals surface area contributed by atoms with Gasteiger partial charge in [0.15, 0.2) is 0 Å². The smallest absolute Gasteiger partial charge is 0.377 e. The molecule has 4 N–H and O–H groups in total. The first-order chi connectivity index (χ1) is 15.1. The van der Waals surface area contributed by atoms with E-state index in [1.54, 1.807) is 44.2 Å². The monoisotopic (exact) mass is 460 g/mol. The summed E-state index contributed by atoms with van der Waals surface area (Å²) in [7, 11) is 0. The first kappa shape index (κ1) is 30.0. The minimum absolute atomic E-state index is 0.0341. The molecule has 0 saturated carbocycles. The molecule has 182 valence electrons. The van der Waals surface area contributed by atoms with Crippen LogP contribution in [-0.2, 0) is 4.79 Å². The summed E-state index contributed by atoms with van der Waals surface area (Å²) < 4.78 is 0. The van der Waals surface area contributed by atoms with Crippen molar-refractivity contribution in [3.05, 3.63) is 70.3 Å². The molecule has 0 radical (unpaired) electrons. The number of rotatable bonds is 6. The predicted molar refractivity (Wildman–Crippen MR) is 128 cm³/mol. The Kier molecular flexibility index (Phi) is 12.3. The zero-order valence-corrected chi connectivity index (χ0v) is 20.4. The molecule has 0 aliphatic heterocycles. The van der Waals surface area contributed by atoms with Crippen LogP contribution in [0.5, 0.6) is 0 Å². The van der Waals surface area contributed by atoms with Crippen LogP contribution in [0.2, 0.25) is 0 Å². The van der Waals surface area contributed by atoms with Crippen molar-refractivity contribution in [1.29, 1.82) is 0 Å². The van der Waals surface area contributed by atoms with Gasteiger partial charge in [0.05, 0.1) is 18.3 Å². The normalized spacial score (nSPS) is 11.5. The predicted octanol–water partition coefficient (Wildman–Crippen LogP) is 4.29. The maximum atomic E-state index is 11.3. The molecule has 2 rings (SSSR count). The van der Waals surface area contributed by atoms with Crippen molar-refractivity contribution in [2.75, 3.05) is 6.61 Å². The summed E-state index contributed by atoms with van der Waals surface area (Å²) in [5.41, 5.74) is 2.74. The highest BCUT2D eigenvalue weighted by Crippen LogP contribution is 2.24. The molecule has 0 saturated heterocycles. The van der Waals surface area contributed by atoms with Gasteiger partial charge in [0.2, 0.25) is 0 Å². The number of aliphatic hydroxyl groups is 2. The standard InChI is InChI=1S/C11H12O3.C8H18O2.C7H6O2/c1-6-4-7(2)9(8(3)5-6)10(12)11(13)14;1-6(2)7(10)8(3,4)5-9;8-7(9)6-4-2-1-3-5-6/h4-5H,1-3H3,(H,13,14);6-7,9-10H,5H2,1-4H3;1-5H,(H,8,9). The molecule has 1 atom stereocenters. The van der Waals surface area contributed by atoms with Gasteiger partial charge < -0.3 is 20.4 Å². The number of Topliss-reactive ketones (excluding diaryl/α,β-unsaturated/α-hetero) is 1. The second-order valence-electron chi connectivity index (χ2n) is 8.91. The van der Waals surface area contributed by atoms with Gasteiger partial charge in [-0.2, -0.15) is 0 Å². The summed E-state index contributed by atoms with van der Waals surface area (Å²) in [5, 5.41) is 35.3. The number of aliphatic carboxylic acids is 1. The van der Waals surface area contributed by atoms with Crippen LogP contribution < -0.4 is 0 Å². The average Bonchev–Trinajstić information content (AvgIpc) is 2.73.